The van der Waals surface area contributed by atoms with E-state index in [1.807, 2.05) is 11.3 Å². The molecule has 13 rings (SSSR count). The van der Waals surface area contributed by atoms with Gasteiger partial charge in [-0.15, -0.1) is 11.3 Å². The molecule has 0 spiro atoms. The van der Waals surface area contributed by atoms with Crippen LogP contribution in [0.25, 0.3) is 81.2 Å². The van der Waals surface area contributed by atoms with Gasteiger partial charge in [-0.25, -0.2) is 4.98 Å². The number of thiophene rings is 1. The van der Waals surface area contributed by atoms with Crippen molar-refractivity contribution in [2.75, 3.05) is 0 Å². The molecule has 0 aliphatic carbocycles. The molecule has 6 heteroatoms. The van der Waals surface area contributed by atoms with Crippen LogP contribution in [0.2, 0.25) is 0 Å². The first-order valence-corrected chi connectivity index (χ1v) is 23.6. The highest BCUT2D eigenvalue weighted by Gasteiger charge is 2.41. The lowest BCUT2D eigenvalue weighted by Crippen LogP contribution is -2.74. The number of hydrogen-bond donors (Lipinski definition) is 0. The topological polar surface area (TPSA) is 27.2 Å². The number of imidazole rings is 2. The largest absolute Gasteiger partial charge is 0.306 e. The van der Waals surface area contributed by atoms with Gasteiger partial charge in [0.2, 0.25) is 5.78 Å². The standard InChI is InChI=1S/C55H36N4SSi/c1-5-18-37(19-6-1)57-47-28-14-15-29-48(47)59-49-35-33-43-45-36-41(61(38-20-7-2-8-21-38,39-22-9-3-10-23-39)40-24-11-4-12-25-40)32-34-46(45)58(53(43)52(49)56-55(57)59)50-30-17-27-44-42-26-13-16-31-51(42)60-54(44)50/h1-36H. The molecule has 286 valence electrons. The molecular weight excluding hydrogens is 777 g/mol. The smallest absolute Gasteiger partial charge is 0.220 e. The molecule has 0 atom stereocenters. The predicted octanol–water partition coefficient (Wildman–Crippen LogP) is 11.3. The van der Waals surface area contributed by atoms with Crippen molar-refractivity contribution in [3.63, 3.8) is 0 Å². The van der Waals surface area contributed by atoms with Crippen LogP contribution < -0.4 is 20.7 Å². The number of aromatic nitrogens is 4. The number of nitrogens with zero attached hydrogens (tertiary/aromatic N) is 4. The average Bonchev–Trinajstić information content (AvgIpc) is 4.08. The first-order chi connectivity index (χ1) is 30.3. The molecule has 0 unspecified atom stereocenters. The third kappa shape index (κ3) is 4.83. The fraction of sp³-hybridized carbons (Fsp3) is 0. The Morgan fingerprint density at radius 2 is 0.984 bits per heavy atom. The fourth-order valence-electron chi connectivity index (χ4n) is 10.3. The molecule has 4 heterocycles. The SMILES string of the molecule is c1ccc(-n2c3ccccc3n3c4ccc5c6cc([Si](c7ccccc7)(c7ccccc7)c7ccccc7)ccc6n(-c6cccc7c6sc6ccccc67)c5c4nc23)cc1. The molecule has 0 amide bonds. The molecule has 13 aromatic rings. The van der Waals surface area contributed by atoms with Crippen LogP contribution in [-0.2, 0) is 0 Å². The van der Waals surface area contributed by atoms with Crippen LogP contribution in [-0.4, -0.2) is 26.6 Å². The van der Waals surface area contributed by atoms with Gasteiger partial charge in [0, 0.05) is 31.9 Å². The molecule has 0 aliphatic heterocycles. The van der Waals surface area contributed by atoms with E-state index in [1.54, 1.807) is 0 Å². The predicted molar refractivity (Wildman–Crippen MR) is 260 cm³/mol. The summed E-state index contributed by atoms with van der Waals surface area (Å²) < 4.78 is 9.74. The molecular formula is C55H36N4SSi. The number of fused-ring (bicyclic) bond motifs is 12. The van der Waals surface area contributed by atoms with E-state index in [0.29, 0.717) is 0 Å². The number of benzene rings is 9. The molecule has 0 saturated carbocycles. The highest BCUT2D eigenvalue weighted by Crippen LogP contribution is 2.43. The maximum atomic E-state index is 5.69. The summed E-state index contributed by atoms with van der Waals surface area (Å²) in [6, 6.07) is 80.5. The number of hydrogen-bond acceptors (Lipinski definition) is 2. The summed E-state index contributed by atoms with van der Waals surface area (Å²) in [5, 5.41) is 10.4. The summed E-state index contributed by atoms with van der Waals surface area (Å²) in [5.74, 6) is 0.899. The summed E-state index contributed by atoms with van der Waals surface area (Å²) in [4.78, 5) is 5.69. The van der Waals surface area contributed by atoms with Gasteiger partial charge in [0.25, 0.3) is 0 Å². The van der Waals surface area contributed by atoms with Gasteiger partial charge in [0.1, 0.15) is 5.52 Å². The minimum atomic E-state index is -2.82. The van der Waals surface area contributed by atoms with Crippen LogP contribution >= 0.6 is 11.3 Å². The van der Waals surface area contributed by atoms with Gasteiger partial charge >= 0.3 is 0 Å². The Bertz CT molecular complexity index is 3710. The normalized spacial score (nSPS) is 12.3. The molecule has 61 heavy (non-hydrogen) atoms. The quantitative estimate of drug-likeness (QED) is 0.121. The van der Waals surface area contributed by atoms with Gasteiger partial charge < -0.3 is 4.57 Å². The Morgan fingerprint density at radius 1 is 0.393 bits per heavy atom. The van der Waals surface area contributed by atoms with Crippen molar-refractivity contribution < 1.29 is 0 Å². The molecule has 0 N–H and O–H groups in total. The van der Waals surface area contributed by atoms with E-state index in [2.05, 4.69) is 232 Å². The van der Waals surface area contributed by atoms with Crippen LogP contribution in [0.4, 0.5) is 0 Å². The molecule has 0 radical (unpaired) electrons. The third-order valence-corrected chi connectivity index (χ3v) is 18.8. The minimum Gasteiger partial charge on any atom is -0.306 e. The zero-order valence-corrected chi connectivity index (χ0v) is 34.8. The second kappa shape index (κ2) is 13.2. The van der Waals surface area contributed by atoms with E-state index >= 15 is 0 Å². The Hall–Kier alpha value is -7.51. The molecule has 0 bridgehead atoms. The van der Waals surface area contributed by atoms with Crippen molar-refractivity contribution in [1.29, 1.82) is 0 Å². The zero-order chi connectivity index (χ0) is 40.1. The van der Waals surface area contributed by atoms with Crippen molar-refractivity contribution in [3.8, 4) is 11.4 Å². The monoisotopic (exact) mass is 812 g/mol. The first-order valence-electron chi connectivity index (χ1n) is 20.8. The third-order valence-electron chi connectivity index (χ3n) is 12.8. The van der Waals surface area contributed by atoms with Crippen molar-refractivity contribution in [2.24, 2.45) is 0 Å². The van der Waals surface area contributed by atoms with Gasteiger partial charge in [-0.1, -0.05) is 164 Å². The summed E-state index contributed by atoms with van der Waals surface area (Å²) in [7, 11) is -2.82. The lowest BCUT2D eigenvalue weighted by molar-refractivity contribution is 1.11. The lowest BCUT2D eigenvalue weighted by Gasteiger charge is -2.34. The fourth-order valence-corrected chi connectivity index (χ4v) is 16.2. The van der Waals surface area contributed by atoms with Gasteiger partial charge in [-0.2, -0.15) is 0 Å². The van der Waals surface area contributed by atoms with Crippen LogP contribution in [0, 0.1) is 0 Å². The van der Waals surface area contributed by atoms with Crippen LogP contribution in [0.3, 0.4) is 0 Å². The Balaban J connectivity index is 1.20. The van der Waals surface area contributed by atoms with Crippen LogP contribution in [0.5, 0.6) is 0 Å². The second-order valence-corrected chi connectivity index (χ2v) is 20.8. The van der Waals surface area contributed by atoms with E-state index in [1.165, 1.54) is 62.9 Å². The van der Waals surface area contributed by atoms with Gasteiger partial charge in [0.05, 0.1) is 38.0 Å². The Morgan fingerprint density at radius 3 is 1.69 bits per heavy atom. The molecule has 0 fully saturated rings. The Labute approximate surface area is 356 Å². The van der Waals surface area contributed by atoms with Gasteiger partial charge in [-0.05, 0) is 75.3 Å². The summed E-state index contributed by atoms with van der Waals surface area (Å²) >= 11 is 1.87. The highest BCUT2D eigenvalue weighted by molar-refractivity contribution is 7.26. The molecule has 4 aromatic heterocycles. The molecule has 9 aromatic carbocycles. The molecule has 0 saturated heterocycles. The van der Waals surface area contributed by atoms with E-state index < -0.39 is 8.07 Å². The Kier molecular flexibility index (Phi) is 7.46. The minimum absolute atomic E-state index is 0.899. The average molecular weight is 813 g/mol. The van der Waals surface area contributed by atoms with Crippen molar-refractivity contribution >= 4 is 110 Å². The maximum absolute atomic E-state index is 5.69. The van der Waals surface area contributed by atoms with E-state index in [0.717, 1.165) is 39.0 Å². The summed E-state index contributed by atoms with van der Waals surface area (Å²) in [5.41, 5.74) is 8.87. The maximum Gasteiger partial charge on any atom is 0.220 e. The van der Waals surface area contributed by atoms with Crippen molar-refractivity contribution in [1.82, 2.24) is 18.5 Å². The van der Waals surface area contributed by atoms with Gasteiger partial charge in [-0.3, -0.25) is 8.97 Å². The molecule has 4 nitrogen and oxygen atoms in total. The summed E-state index contributed by atoms with van der Waals surface area (Å²) in [6.07, 6.45) is 0. The van der Waals surface area contributed by atoms with Crippen molar-refractivity contribution in [3.05, 3.63) is 218 Å². The lowest BCUT2D eigenvalue weighted by atomic mass is 10.1. The zero-order valence-electron chi connectivity index (χ0n) is 33.0. The molecule has 0 aliphatic rings. The van der Waals surface area contributed by atoms with E-state index in [-0.39, 0.29) is 0 Å². The van der Waals surface area contributed by atoms with E-state index in [9.17, 15) is 0 Å². The van der Waals surface area contributed by atoms with Gasteiger partial charge in [0.15, 0.2) is 8.07 Å². The van der Waals surface area contributed by atoms with Crippen molar-refractivity contribution in [2.45, 2.75) is 0 Å². The van der Waals surface area contributed by atoms with E-state index in [4.69, 9.17) is 4.98 Å². The first kappa shape index (κ1) is 34.4. The number of para-hydroxylation sites is 3. The summed E-state index contributed by atoms with van der Waals surface area (Å²) in [6.45, 7) is 0. The van der Waals surface area contributed by atoms with Crippen LogP contribution in [0.15, 0.2) is 218 Å². The second-order valence-electron chi connectivity index (χ2n) is 15.9. The number of rotatable bonds is 6. The van der Waals surface area contributed by atoms with Crippen LogP contribution in [0.1, 0.15) is 0 Å². The highest BCUT2D eigenvalue weighted by atomic mass is 32.1.